The van der Waals surface area contributed by atoms with Gasteiger partial charge in [-0.25, -0.2) is 4.98 Å². The van der Waals surface area contributed by atoms with E-state index in [0.29, 0.717) is 43.3 Å². The number of amides is 2. The van der Waals surface area contributed by atoms with Gasteiger partial charge in [0.05, 0.1) is 16.8 Å². The molecule has 3 heterocycles. The van der Waals surface area contributed by atoms with E-state index in [0.717, 1.165) is 35.1 Å². The molecule has 1 N–H and O–H groups in total. The number of carbonyl (C=O) groups is 2. The van der Waals surface area contributed by atoms with Crippen LogP contribution in [-0.4, -0.2) is 54.0 Å². The number of hydrogen-bond donors (Lipinski definition) is 1. The number of hydrogen-bond acceptors (Lipinski definition) is 5. The van der Waals surface area contributed by atoms with Gasteiger partial charge < -0.3 is 19.7 Å². The molecule has 5 rings (SSSR count). The van der Waals surface area contributed by atoms with Crippen LogP contribution < -0.4 is 14.8 Å². The molecule has 1 aromatic heterocycles. The maximum absolute atomic E-state index is 13.4. The number of para-hydroxylation sites is 1. The van der Waals surface area contributed by atoms with E-state index in [-0.39, 0.29) is 23.8 Å². The van der Waals surface area contributed by atoms with Crippen LogP contribution in [0.2, 0.25) is 0 Å². The molecule has 0 radical (unpaired) electrons. The molecule has 2 aliphatic rings. The highest BCUT2D eigenvalue weighted by molar-refractivity contribution is 6.07. The third kappa shape index (κ3) is 4.42. The van der Waals surface area contributed by atoms with Crippen molar-refractivity contribution in [2.75, 3.05) is 26.3 Å². The van der Waals surface area contributed by atoms with Gasteiger partial charge in [-0.15, -0.1) is 0 Å². The molecule has 0 bridgehead atoms. The molecule has 34 heavy (non-hydrogen) atoms. The van der Waals surface area contributed by atoms with Crippen molar-refractivity contribution >= 4 is 22.7 Å². The molecule has 2 aliphatic heterocycles. The van der Waals surface area contributed by atoms with Gasteiger partial charge in [0, 0.05) is 36.0 Å². The second kappa shape index (κ2) is 9.33. The average Bonchev–Trinajstić information content (AvgIpc) is 2.87. The molecule has 1 fully saturated rings. The number of carbonyl (C=O) groups excluding carboxylic acids is 2. The lowest BCUT2D eigenvalue weighted by Crippen LogP contribution is -2.47. The maximum atomic E-state index is 13.4. The van der Waals surface area contributed by atoms with Gasteiger partial charge in [-0.3, -0.25) is 9.59 Å². The Hall–Kier alpha value is -3.61. The lowest BCUT2D eigenvalue weighted by molar-refractivity contribution is -0.135. The molecule has 2 aromatic carbocycles. The van der Waals surface area contributed by atoms with Crippen molar-refractivity contribution in [3.63, 3.8) is 0 Å². The zero-order valence-electron chi connectivity index (χ0n) is 19.5. The Morgan fingerprint density at radius 1 is 1.00 bits per heavy atom. The fourth-order valence-electron chi connectivity index (χ4n) is 4.59. The molecule has 0 atom stereocenters. The first-order valence-electron chi connectivity index (χ1n) is 11.9. The van der Waals surface area contributed by atoms with Crippen molar-refractivity contribution in [2.45, 2.75) is 32.7 Å². The topological polar surface area (TPSA) is 80.8 Å². The smallest absolute Gasteiger partial charge is 0.252 e. The summed E-state index contributed by atoms with van der Waals surface area (Å²) in [7, 11) is 0. The predicted molar refractivity (Wildman–Crippen MR) is 130 cm³/mol. The van der Waals surface area contributed by atoms with Crippen molar-refractivity contribution < 1.29 is 19.1 Å². The minimum atomic E-state index is -0.119. The SMILES string of the molecule is CC(C)C(=O)N1CCC(NC(=O)c2cc(-c3ccc4c(c3)OCCO4)nc3ccccc23)CC1. The highest BCUT2D eigenvalue weighted by Crippen LogP contribution is 2.35. The summed E-state index contributed by atoms with van der Waals surface area (Å²) >= 11 is 0. The summed E-state index contributed by atoms with van der Waals surface area (Å²) in [6.07, 6.45) is 1.50. The third-order valence-corrected chi connectivity index (χ3v) is 6.43. The van der Waals surface area contributed by atoms with Crippen molar-refractivity contribution in [2.24, 2.45) is 5.92 Å². The van der Waals surface area contributed by atoms with Crippen molar-refractivity contribution in [3.8, 4) is 22.8 Å². The van der Waals surface area contributed by atoms with Crippen LogP contribution in [0, 0.1) is 5.92 Å². The number of rotatable bonds is 4. The molecule has 2 amide bonds. The maximum Gasteiger partial charge on any atom is 0.252 e. The lowest BCUT2D eigenvalue weighted by Gasteiger charge is -2.33. The van der Waals surface area contributed by atoms with Crippen LogP contribution in [0.4, 0.5) is 0 Å². The number of pyridine rings is 1. The van der Waals surface area contributed by atoms with Crippen LogP contribution in [0.25, 0.3) is 22.2 Å². The Labute approximate surface area is 199 Å². The summed E-state index contributed by atoms with van der Waals surface area (Å²) in [5.74, 6) is 1.46. The summed E-state index contributed by atoms with van der Waals surface area (Å²) in [6, 6.07) is 15.3. The van der Waals surface area contributed by atoms with Crippen LogP contribution in [-0.2, 0) is 4.79 Å². The fourth-order valence-corrected chi connectivity index (χ4v) is 4.59. The van der Waals surface area contributed by atoms with Gasteiger partial charge in [-0.2, -0.15) is 0 Å². The van der Waals surface area contributed by atoms with Crippen molar-refractivity contribution in [3.05, 3.63) is 54.1 Å². The zero-order chi connectivity index (χ0) is 23.7. The molecule has 176 valence electrons. The van der Waals surface area contributed by atoms with E-state index in [9.17, 15) is 9.59 Å². The highest BCUT2D eigenvalue weighted by atomic mass is 16.6. The molecule has 0 saturated carbocycles. The number of benzene rings is 2. The number of fused-ring (bicyclic) bond motifs is 2. The first-order valence-corrected chi connectivity index (χ1v) is 11.9. The molecule has 0 unspecified atom stereocenters. The van der Waals surface area contributed by atoms with E-state index < -0.39 is 0 Å². The molecule has 7 nitrogen and oxygen atoms in total. The van der Waals surface area contributed by atoms with E-state index in [2.05, 4.69) is 5.32 Å². The van der Waals surface area contributed by atoms with Crippen LogP contribution in [0.15, 0.2) is 48.5 Å². The van der Waals surface area contributed by atoms with Crippen LogP contribution in [0.3, 0.4) is 0 Å². The van der Waals surface area contributed by atoms with Crippen molar-refractivity contribution in [1.82, 2.24) is 15.2 Å². The van der Waals surface area contributed by atoms with E-state index in [1.54, 1.807) is 0 Å². The van der Waals surface area contributed by atoms with E-state index in [1.807, 2.05) is 67.3 Å². The number of nitrogens with one attached hydrogen (secondary N) is 1. The van der Waals surface area contributed by atoms with Gasteiger partial charge in [0.25, 0.3) is 5.91 Å². The summed E-state index contributed by atoms with van der Waals surface area (Å²) in [4.78, 5) is 32.4. The second-order valence-electron chi connectivity index (χ2n) is 9.16. The molecule has 0 spiro atoms. The number of nitrogens with zero attached hydrogens (tertiary/aromatic N) is 2. The normalized spacial score (nSPS) is 16.0. The molecule has 1 saturated heterocycles. The summed E-state index contributed by atoms with van der Waals surface area (Å²) in [5.41, 5.74) is 2.93. The van der Waals surface area contributed by atoms with Crippen LogP contribution >= 0.6 is 0 Å². The molecule has 0 aliphatic carbocycles. The minimum Gasteiger partial charge on any atom is -0.486 e. The average molecular weight is 460 g/mol. The Bertz CT molecular complexity index is 1230. The monoisotopic (exact) mass is 459 g/mol. The molecule has 7 heteroatoms. The van der Waals surface area contributed by atoms with E-state index in [4.69, 9.17) is 14.5 Å². The summed E-state index contributed by atoms with van der Waals surface area (Å²) < 4.78 is 11.4. The third-order valence-electron chi connectivity index (χ3n) is 6.43. The predicted octanol–water partition coefficient (Wildman–Crippen LogP) is 4.05. The number of aromatic nitrogens is 1. The Morgan fingerprint density at radius 2 is 1.74 bits per heavy atom. The highest BCUT2D eigenvalue weighted by Gasteiger charge is 2.26. The fraction of sp³-hybridized carbons (Fsp3) is 0.370. The van der Waals surface area contributed by atoms with Gasteiger partial charge in [-0.05, 0) is 43.2 Å². The van der Waals surface area contributed by atoms with Gasteiger partial charge in [0.2, 0.25) is 5.91 Å². The van der Waals surface area contributed by atoms with Crippen LogP contribution in [0.5, 0.6) is 11.5 Å². The largest absolute Gasteiger partial charge is 0.486 e. The molecule has 3 aromatic rings. The Kier molecular flexibility index (Phi) is 6.09. The number of ether oxygens (including phenoxy) is 2. The first-order chi connectivity index (χ1) is 16.5. The Balaban J connectivity index is 1.40. The minimum absolute atomic E-state index is 0.00620. The van der Waals surface area contributed by atoms with E-state index >= 15 is 0 Å². The van der Waals surface area contributed by atoms with E-state index in [1.165, 1.54) is 0 Å². The number of piperidine rings is 1. The zero-order valence-corrected chi connectivity index (χ0v) is 19.5. The van der Waals surface area contributed by atoms with Gasteiger partial charge >= 0.3 is 0 Å². The molecular formula is C27H29N3O4. The molecular weight excluding hydrogens is 430 g/mol. The standard InChI is InChI=1S/C27H29N3O4/c1-17(2)27(32)30-11-9-19(10-12-30)28-26(31)21-16-23(29-22-6-4-3-5-20(21)22)18-7-8-24-25(15-18)34-14-13-33-24/h3-8,15-17,19H,9-14H2,1-2H3,(H,28,31). The quantitative estimate of drug-likeness (QED) is 0.637. The van der Waals surface area contributed by atoms with Crippen LogP contribution in [0.1, 0.15) is 37.0 Å². The summed E-state index contributed by atoms with van der Waals surface area (Å²) in [6.45, 7) is 6.23. The Morgan fingerprint density at radius 3 is 2.50 bits per heavy atom. The summed E-state index contributed by atoms with van der Waals surface area (Å²) in [5, 5.41) is 4.01. The van der Waals surface area contributed by atoms with Gasteiger partial charge in [0.1, 0.15) is 13.2 Å². The van der Waals surface area contributed by atoms with Crippen molar-refractivity contribution in [1.29, 1.82) is 0 Å². The first kappa shape index (κ1) is 22.2. The van der Waals surface area contributed by atoms with Gasteiger partial charge in [0.15, 0.2) is 11.5 Å². The van der Waals surface area contributed by atoms with Gasteiger partial charge in [-0.1, -0.05) is 32.0 Å². The lowest BCUT2D eigenvalue weighted by atomic mass is 10.0. The number of likely N-dealkylation sites (tertiary alicyclic amines) is 1. The second-order valence-corrected chi connectivity index (χ2v) is 9.16.